The normalized spacial score (nSPS) is 9.77. The molecule has 17 N–H and O–H groups in total. The van der Waals surface area contributed by atoms with Gasteiger partial charge in [0, 0.05) is 69.2 Å². The number of halogens is 2. The lowest BCUT2D eigenvalue weighted by molar-refractivity contribution is 0.0694. The highest BCUT2D eigenvalue weighted by Gasteiger charge is 2.15. The van der Waals surface area contributed by atoms with Crippen molar-refractivity contribution in [3.63, 3.8) is 0 Å². The Balaban J connectivity index is 0. The molecule has 94 heavy (non-hydrogen) atoms. The van der Waals surface area contributed by atoms with E-state index in [1.165, 1.54) is 35.2 Å². The van der Waals surface area contributed by atoms with Gasteiger partial charge in [0.15, 0.2) is 23.1 Å². The molecule has 0 aliphatic carbocycles. The van der Waals surface area contributed by atoms with Gasteiger partial charge in [-0.05, 0) is 150 Å². The summed E-state index contributed by atoms with van der Waals surface area (Å²) in [6, 6.07) is 42.1. The van der Waals surface area contributed by atoms with E-state index < -0.39 is 5.97 Å². The van der Waals surface area contributed by atoms with Crippen molar-refractivity contribution >= 4 is 110 Å². The summed E-state index contributed by atoms with van der Waals surface area (Å²) in [5, 5.41) is 53.3. The number of carbonyl (C=O) groups is 9. The number of hydrazine groups is 1. The SMILES string of the molecule is C.CC(=O)c1ccc(C(=O)CCc2ccc(C(=O)NCCO)cc2)s1.CCc1ccc(C(=O)NCCO)cc1.CCc1ccc(C(=O)O)cc1.Cl.NCC(=O)c1ccc(C(=O)CCc2ccc(C(=O)NCCO)cc2)s1.NCc1ccc(C(=O)NCCO)cc1.NN.[2H]CI. The molecule has 0 fully saturated rings. The molecule has 0 unspecified atom stereocenters. The smallest absolute Gasteiger partial charge is 0.335 e. The molecule has 0 spiro atoms. The number of rotatable bonds is 27. The van der Waals surface area contributed by atoms with E-state index in [2.05, 4.69) is 39.9 Å². The number of aryl methyl sites for hydroxylation is 4. The third kappa shape index (κ3) is 34.4. The van der Waals surface area contributed by atoms with Gasteiger partial charge in [-0.3, -0.25) is 50.0 Å². The Morgan fingerprint density at radius 3 is 0.936 bits per heavy atom. The quantitative estimate of drug-likeness (QED) is 0.00773. The molecule has 26 heteroatoms. The van der Waals surface area contributed by atoms with Crippen LogP contribution in [0.3, 0.4) is 0 Å². The second kappa shape index (κ2) is 52.6. The van der Waals surface area contributed by atoms with Crippen molar-refractivity contribution in [3.05, 3.63) is 221 Å². The molecule has 0 saturated heterocycles. The Hall–Kier alpha value is -7.77. The number of thiophene rings is 2. The number of aliphatic hydroxyl groups excluding tert-OH is 4. The number of alkyl halides is 1. The zero-order valence-electron chi connectivity index (χ0n) is 53.2. The molecule has 4 amide bonds. The highest BCUT2D eigenvalue weighted by molar-refractivity contribution is 14.1. The first-order valence-electron chi connectivity index (χ1n) is 29.6. The molecule has 512 valence electrons. The Bertz CT molecular complexity index is 3300. The number of nitrogens with one attached hydrogen (secondary N) is 4. The predicted molar refractivity (Wildman–Crippen MR) is 383 cm³/mol. The standard InChI is InChI=1S/C18H20N2O4S.C18H19NO4S.C11H15NO2.C10H14N2O2.C9H10O2.CH3I.CH4.ClH.H4N2/c19-11-15(23)17-8-7-16(25-17)14(22)6-3-12-1-4-13(5-2-12)18(24)20-9-10-21;1-12(21)16-8-9-17(24-16)15(22)7-4-13-2-5-14(6-3-13)18(23)19-10-11-20;1-2-9-3-5-10(6-4-9)11(14)12-7-8-13;11-7-8-1-3-9(4-2-8)10(14)12-5-6-13;1-2-7-3-5-8(6-4-7)9(10)11;1-2;;;1-2/h1-2,4-5,7-8,21H,3,6,9-11,19H2,(H,20,24);2-3,5-6,8-9,20H,4,7,10-11H2,1H3,(H,19,23);3-6,13H,2,7-8H2,1H3,(H,12,14);1-4,13H,5-7,11H2,(H,12,14);3-6H,2H2,1H3,(H,10,11);1H3;1H4;1H;1-2H2/i;;;;;1D;;;. The van der Waals surface area contributed by atoms with Gasteiger partial charge >= 0.3 is 5.97 Å². The summed E-state index contributed by atoms with van der Waals surface area (Å²) < 4.78 is 6.20. The molecule has 0 aliphatic heterocycles. The largest absolute Gasteiger partial charge is 0.478 e. The van der Waals surface area contributed by atoms with Gasteiger partial charge in [-0.1, -0.05) is 105 Å². The summed E-state index contributed by atoms with van der Waals surface area (Å²) in [5.74, 6) is 6.13. The van der Waals surface area contributed by atoms with Crippen LogP contribution in [-0.2, 0) is 32.2 Å². The Labute approximate surface area is 579 Å². The number of ketones is 4. The van der Waals surface area contributed by atoms with Gasteiger partial charge < -0.3 is 58.3 Å². The maximum absolute atomic E-state index is 12.2. The average molecular weight is 1470 g/mol. The lowest BCUT2D eigenvalue weighted by Crippen LogP contribution is -2.26. The Kier molecular flexibility index (Phi) is 48.2. The number of amides is 4. The number of nitrogens with two attached hydrogens (primary N) is 4. The van der Waals surface area contributed by atoms with Gasteiger partial charge in [-0.25, -0.2) is 4.79 Å². The zero-order chi connectivity index (χ0) is 69.5. The molecule has 0 bridgehead atoms. The van der Waals surface area contributed by atoms with Crippen LogP contribution in [0, 0.1) is 0 Å². The highest BCUT2D eigenvalue weighted by atomic mass is 127. The molecule has 0 atom stereocenters. The van der Waals surface area contributed by atoms with Crippen molar-refractivity contribution in [2.75, 3.05) is 64.1 Å². The summed E-state index contributed by atoms with van der Waals surface area (Å²) in [4.78, 5) is 106. The van der Waals surface area contributed by atoms with Crippen LogP contribution in [0.25, 0.3) is 0 Å². The molecule has 0 aliphatic rings. The van der Waals surface area contributed by atoms with E-state index in [9.17, 15) is 43.2 Å². The molecule has 0 radical (unpaired) electrons. The van der Waals surface area contributed by atoms with E-state index >= 15 is 0 Å². The fourth-order valence-corrected chi connectivity index (χ4v) is 9.27. The number of hydrogen-bond donors (Lipinski definition) is 13. The summed E-state index contributed by atoms with van der Waals surface area (Å²) in [7, 11) is 0. The molecule has 5 aromatic carbocycles. The number of carboxylic acid groups (broad SMARTS) is 1. The van der Waals surface area contributed by atoms with Gasteiger partial charge in [0.05, 0.1) is 58.0 Å². The average Bonchev–Trinajstić information content (AvgIpc) is 1.89. The minimum Gasteiger partial charge on any atom is -0.478 e. The van der Waals surface area contributed by atoms with Crippen LogP contribution in [0.1, 0.15) is 161 Å². The van der Waals surface area contributed by atoms with Gasteiger partial charge in [0.2, 0.25) is 0 Å². The summed E-state index contributed by atoms with van der Waals surface area (Å²) in [6.07, 6.45) is 3.72. The van der Waals surface area contributed by atoms with Crippen LogP contribution in [0.15, 0.2) is 146 Å². The summed E-state index contributed by atoms with van der Waals surface area (Å²) >= 11 is 4.35. The number of benzene rings is 5. The van der Waals surface area contributed by atoms with Crippen molar-refractivity contribution in [2.24, 2.45) is 23.2 Å². The van der Waals surface area contributed by atoms with E-state index in [0.717, 1.165) is 35.1 Å². The van der Waals surface area contributed by atoms with Crippen LogP contribution < -0.4 is 44.4 Å². The molecular weight excluding hydrogens is 1380 g/mol. The van der Waals surface area contributed by atoms with Crippen LogP contribution in [0.2, 0.25) is 0 Å². The van der Waals surface area contributed by atoms with Crippen LogP contribution in [-0.4, -0.2) is 142 Å². The molecule has 0 saturated carbocycles. The van der Waals surface area contributed by atoms with Gasteiger partial charge in [-0.15, -0.1) is 35.1 Å². The van der Waals surface area contributed by atoms with Crippen molar-refractivity contribution in [1.82, 2.24) is 21.3 Å². The molecule has 7 rings (SSSR count). The van der Waals surface area contributed by atoms with Crippen LogP contribution in [0.5, 0.6) is 0 Å². The monoisotopic (exact) mass is 1470 g/mol. The molecule has 2 heterocycles. The second-order valence-corrected chi connectivity index (χ2v) is 21.1. The highest BCUT2D eigenvalue weighted by Crippen LogP contribution is 2.21. The van der Waals surface area contributed by atoms with Crippen LogP contribution >= 0.6 is 57.7 Å². The Morgan fingerprint density at radius 2 is 0.691 bits per heavy atom. The summed E-state index contributed by atoms with van der Waals surface area (Å²) in [5.41, 5.74) is 18.6. The number of carboxylic acids is 1. The van der Waals surface area contributed by atoms with E-state index in [4.69, 9.17) is 38.4 Å². The van der Waals surface area contributed by atoms with Crippen molar-refractivity contribution in [3.8, 4) is 0 Å². The number of carbonyl (C=O) groups excluding carboxylic acids is 8. The van der Waals surface area contributed by atoms with Crippen molar-refractivity contribution in [2.45, 2.75) is 73.3 Å². The first-order valence-corrected chi connectivity index (χ1v) is 32.1. The van der Waals surface area contributed by atoms with Gasteiger partial charge in [-0.2, -0.15) is 0 Å². The van der Waals surface area contributed by atoms with Crippen molar-refractivity contribution < 1.29 is 70.1 Å². The lowest BCUT2D eigenvalue weighted by Gasteiger charge is -2.05. The van der Waals surface area contributed by atoms with Gasteiger partial charge in [0.25, 0.3) is 23.6 Å². The fraction of sp³-hybridized carbons (Fsp3) is 0.309. The minimum atomic E-state index is -0.868. The maximum Gasteiger partial charge on any atom is 0.335 e. The molecule has 2 aromatic heterocycles. The zero-order valence-corrected chi connectivity index (χ0v) is 56.8. The molecular formula is C68H90ClIN8O14S2. The first kappa shape index (κ1) is 86.2. The second-order valence-electron chi connectivity index (χ2n) is 19.0. The maximum atomic E-state index is 12.2. The van der Waals surface area contributed by atoms with Crippen LogP contribution in [0.4, 0.5) is 0 Å². The number of aliphatic hydroxyl groups is 4. The third-order valence-electron chi connectivity index (χ3n) is 12.6. The van der Waals surface area contributed by atoms with E-state index in [-0.39, 0.29) is 119 Å². The minimum absolute atomic E-state index is 0. The van der Waals surface area contributed by atoms with E-state index in [0.29, 0.717) is 91.0 Å². The number of aromatic carboxylic acids is 1. The Morgan fingerprint density at radius 1 is 0.436 bits per heavy atom. The lowest BCUT2D eigenvalue weighted by atomic mass is 10.0. The predicted octanol–water partition coefficient (Wildman–Crippen LogP) is 7.63. The molecule has 7 aromatic rings. The van der Waals surface area contributed by atoms with E-state index in [1.54, 1.807) is 97.1 Å². The third-order valence-corrected chi connectivity index (χ3v) is 15.0. The topological polar surface area (TPSA) is 407 Å². The summed E-state index contributed by atoms with van der Waals surface area (Å²) in [6.45, 7) is 6.73. The van der Waals surface area contributed by atoms with E-state index in [1.807, 2.05) is 78.0 Å². The van der Waals surface area contributed by atoms with Crippen molar-refractivity contribution in [1.29, 1.82) is 0 Å². The molecule has 22 nitrogen and oxygen atoms in total. The number of Topliss-reactive ketones (excluding diaryl/α,β-unsaturated/α-hetero) is 4. The fourth-order valence-electron chi connectivity index (χ4n) is 7.48. The van der Waals surface area contributed by atoms with Gasteiger partial charge in [0.1, 0.15) is 0 Å². The number of hydrogen-bond acceptors (Lipinski definition) is 19. The first-order chi connectivity index (χ1) is 44.8.